The van der Waals surface area contributed by atoms with E-state index in [0.717, 1.165) is 23.4 Å². The molecule has 0 aliphatic carbocycles. The number of hydrogen-bond donors (Lipinski definition) is 0. The highest BCUT2D eigenvalue weighted by Crippen LogP contribution is 2.42. The highest BCUT2D eigenvalue weighted by Gasteiger charge is 2.46. The monoisotopic (exact) mass is 441 g/mol. The highest BCUT2D eigenvalue weighted by atomic mass is 79.9. The van der Waals surface area contributed by atoms with Crippen LogP contribution >= 0.6 is 15.9 Å². The number of nitrogens with zero attached hydrogens (tertiary/aromatic N) is 3. The van der Waals surface area contributed by atoms with Gasteiger partial charge in [-0.05, 0) is 61.9 Å². The van der Waals surface area contributed by atoms with Gasteiger partial charge in [-0.2, -0.15) is 0 Å². The lowest BCUT2D eigenvalue weighted by Crippen LogP contribution is -2.42. The predicted octanol–water partition coefficient (Wildman–Crippen LogP) is 3.40. The van der Waals surface area contributed by atoms with Crippen LogP contribution in [0, 0.1) is 11.3 Å². The molecule has 1 amide bonds. The molecule has 0 aromatic carbocycles. The van der Waals surface area contributed by atoms with Crippen molar-refractivity contribution in [3.63, 3.8) is 0 Å². The Kier molecular flexibility index (Phi) is 5.57. The maximum atomic E-state index is 12.7. The van der Waals surface area contributed by atoms with Gasteiger partial charge in [0.15, 0.2) is 0 Å². The zero-order valence-electron chi connectivity index (χ0n) is 16.5. The number of hydrogen-bond acceptors (Lipinski definition) is 5. The van der Waals surface area contributed by atoms with Gasteiger partial charge in [0.05, 0.1) is 18.7 Å². The molecule has 2 aliphatic rings. The van der Waals surface area contributed by atoms with Gasteiger partial charge in [-0.25, -0.2) is 9.78 Å². The third kappa shape index (κ3) is 4.31. The predicted molar refractivity (Wildman–Crippen MR) is 103 cm³/mol. The van der Waals surface area contributed by atoms with Crippen molar-refractivity contribution >= 4 is 28.0 Å². The average molecular weight is 442 g/mol. The zero-order valence-corrected chi connectivity index (χ0v) is 18.0. The second kappa shape index (κ2) is 7.45. The first-order valence-electron chi connectivity index (χ1n) is 9.40. The van der Waals surface area contributed by atoms with Crippen LogP contribution in [0.2, 0.25) is 0 Å². The summed E-state index contributed by atoms with van der Waals surface area (Å²) in [5, 5.41) is 0. The number of methoxy groups -OCH3 is 1. The molecular weight excluding hydrogens is 414 g/mol. The summed E-state index contributed by atoms with van der Waals surface area (Å²) in [6.07, 6.45) is 4.35. The molecule has 8 heteroatoms. The van der Waals surface area contributed by atoms with Crippen LogP contribution in [0.15, 0.2) is 10.8 Å². The molecule has 0 radical (unpaired) electrons. The fourth-order valence-corrected chi connectivity index (χ4v) is 4.66. The Labute approximate surface area is 168 Å². The van der Waals surface area contributed by atoms with Gasteiger partial charge < -0.3 is 18.9 Å². The number of halogens is 1. The van der Waals surface area contributed by atoms with E-state index in [1.165, 1.54) is 7.11 Å². The third-order valence-corrected chi connectivity index (χ3v) is 6.07. The van der Waals surface area contributed by atoms with Gasteiger partial charge in [0, 0.05) is 26.1 Å². The number of aromatic nitrogens is 2. The Morgan fingerprint density at radius 2 is 2.11 bits per heavy atom. The number of carbonyl (C=O) groups excluding carboxylic acids is 2. The molecule has 1 aromatic rings. The lowest BCUT2D eigenvalue weighted by molar-refractivity contribution is -0.155. The summed E-state index contributed by atoms with van der Waals surface area (Å²) < 4.78 is 13.7. The Morgan fingerprint density at radius 3 is 2.78 bits per heavy atom. The average Bonchev–Trinajstić information content (AvgIpc) is 3.19. The molecule has 0 spiro atoms. The molecule has 150 valence electrons. The van der Waals surface area contributed by atoms with Gasteiger partial charge in [0.25, 0.3) is 0 Å². The number of carbonyl (C=O) groups is 2. The molecule has 3 rings (SSSR count). The van der Waals surface area contributed by atoms with Crippen LogP contribution in [-0.4, -0.2) is 52.3 Å². The molecule has 2 unspecified atom stereocenters. The van der Waals surface area contributed by atoms with Crippen molar-refractivity contribution in [2.24, 2.45) is 11.3 Å². The second-order valence-corrected chi connectivity index (χ2v) is 9.45. The van der Waals surface area contributed by atoms with Crippen molar-refractivity contribution in [3.8, 4) is 0 Å². The van der Waals surface area contributed by atoms with Crippen LogP contribution in [0.3, 0.4) is 0 Å². The SMILES string of the molecule is COC(=O)C1(CC2CCN(C(=O)OC(C)(C)C)C2)CCn2c(Br)cnc2C1. The molecule has 1 fully saturated rings. The molecule has 1 saturated heterocycles. The van der Waals surface area contributed by atoms with Crippen LogP contribution in [0.4, 0.5) is 4.79 Å². The van der Waals surface area contributed by atoms with Crippen LogP contribution in [0.5, 0.6) is 0 Å². The Hall–Kier alpha value is -1.57. The largest absolute Gasteiger partial charge is 0.469 e. The molecule has 2 aliphatic heterocycles. The second-order valence-electron chi connectivity index (χ2n) is 8.63. The maximum Gasteiger partial charge on any atom is 0.410 e. The lowest BCUT2D eigenvalue weighted by Gasteiger charge is -2.36. The van der Waals surface area contributed by atoms with Crippen LogP contribution in [-0.2, 0) is 27.2 Å². The minimum absolute atomic E-state index is 0.177. The van der Waals surface area contributed by atoms with Crippen molar-refractivity contribution < 1.29 is 19.1 Å². The molecule has 0 N–H and O–H groups in total. The van der Waals surface area contributed by atoms with Crippen LogP contribution < -0.4 is 0 Å². The Bertz CT molecular complexity index is 727. The Morgan fingerprint density at radius 1 is 1.37 bits per heavy atom. The highest BCUT2D eigenvalue weighted by molar-refractivity contribution is 9.10. The summed E-state index contributed by atoms with van der Waals surface area (Å²) in [6.45, 7) is 7.61. The maximum absolute atomic E-state index is 12.7. The van der Waals surface area contributed by atoms with Crippen molar-refractivity contribution in [1.82, 2.24) is 14.5 Å². The molecule has 2 atom stereocenters. The number of rotatable bonds is 3. The normalized spacial score (nSPS) is 25.2. The number of imidazole rings is 1. The van der Waals surface area contributed by atoms with E-state index in [2.05, 4.69) is 25.5 Å². The zero-order chi connectivity index (χ0) is 19.8. The van der Waals surface area contributed by atoms with Crippen molar-refractivity contribution in [2.75, 3.05) is 20.2 Å². The molecule has 3 heterocycles. The minimum atomic E-state index is -0.579. The number of amides is 1. The number of fused-ring (bicyclic) bond motifs is 1. The standard InChI is InChI=1S/C19H28BrN3O4/c1-18(2,3)27-17(25)22-7-5-13(12-22)9-19(16(24)26-4)6-8-23-14(20)11-21-15(23)10-19/h11,13H,5-10,12H2,1-4H3. The topological polar surface area (TPSA) is 73.7 Å². The molecule has 0 saturated carbocycles. The first-order chi connectivity index (χ1) is 12.6. The summed E-state index contributed by atoms with van der Waals surface area (Å²) in [5.41, 5.74) is -1.08. The summed E-state index contributed by atoms with van der Waals surface area (Å²) in [7, 11) is 1.45. The number of esters is 1. The van der Waals surface area contributed by atoms with Gasteiger partial charge in [0.1, 0.15) is 16.0 Å². The summed E-state index contributed by atoms with van der Waals surface area (Å²) in [5.74, 6) is 0.977. The van der Waals surface area contributed by atoms with Gasteiger partial charge in [-0.3, -0.25) is 4.79 Å². The van der Waals surface area contributed by atoms with Gasteiger partial charge in [-0.15, -0.1) is 0 Å². The van der Waals surface area contributed by atoms with Crippen LogP contribution in [0.25, 0.3) is 0 Å². The first kappa shape index (κ1) is 20.2. The van der Waals surface area contributed by atoms with Crippen molar-refractivity contribution in [3.05, 3.63) is 16.6 Å². The van der Waals surface area contributed by atoms with Crippen LogP contribution in [0.1, 0.15) is 45.9 Å². The molecular formula is C19H28BrN3O4. The van der Waals surface area contributed by atoms with Crippen molar-refractivity contribution in [2.45, 2.75) is 58.6 Å². The molecule has 7 nitrogen and oxygen atoms in total. The summed E-state index contributed by atoms with van der Waals surface area (Å²) in [6, 6.07) is 0. The fraction of sp³-hybridized carbons (Fsp3) is 0.737. The third-order valence-electron chi connectivity index (χ3n) is 5.44. The van der Waals surface area contributed by atoms with E-state index in [0.29, 0.717) is 32.4 Å². The quantitative estimate of drug-likeness (QED) is 0.671. The summed E-state index contributed by atoms with van der Waals surface area (Å²) in [4.78, 5) is 31.2. The summed E-state index contributed by atoms with van der Waals surface area (Å²) >= 11 is 3.51. The number of likely N-dealkylation sites (tertiary alicyclic amines) is 1. The van der Waals surface area contributed by atoms with E-state index in [-0.39, 0.29) is 18.0 Å². The van der Waals surface area contributed by atoms with E-state index in [9.17, 15) is 9.59 Å². The van der Waals surface area contributed by atoms with E-state index >= 15 is 0 Å². The van der Waals surface area contributed by atoms with Gasteiger partial charge >= 0.3 is 12.1 Å². The first-order valence-corrected chi connectivity index (χ1v) is 10.2. The van der Waals surface area contributed by atoms with E-state index < -0.39 is 11.0 Å². The number of ether oxygens (including phenoxy) is 2. The minimum Gasteiger partial charge on any atom is -0.469 e. The smallest absolute Gasteiger partial charge is 0.410 e. The van der Waals surface area contributed by atoms with E-state index in [1.807, 2.05) is 20.8 Å². The lowest BCUT2D eigenvalue weighted by atomic mass is 9.72. The van der Waals surface area contributed by atoms with E-state index in [1.54, 1.807) is 11.1 Å². The van der Waals surface area contributed by atoms with Gasteiger partial charge in [-0.1, -0.05) is 0 Å². The van der Waals surface area contributed by atoms with E-state index in [4.69, 9.17) is 9.47 Å². The molecule has 27 heavy (non-hydrogen) atoms. The molecule has 0 bridgehead atoms. The fourth-order valence-electron chi connectivity index (χ4n) is 4.18. The van der Waals surface area contributed by atoms with Crippen molar-refractivity contribution in [1.29, 1.82) is 0 Å². The van der Waals surface area contributed by atoms with Gasteiger partial charge in [0.2, 0.25) is 0 Å². The Balaban J connectivity index is 1.70. The molecule has 1 aromatic heterocycles.